The summed E-state index contributed by atoms with van der Waals surface area (Å²) in [4.78, 5) is 57.8. The Morgan fingerprint density at radius 3 is 2.46 bits per heavy atom. The molecule has 4 aromatic rings. The van der Waals surface area contributed by atoms with E-state index in [1.807, 2.05) is 12.1 Å². The lowest BCUT2D eigenvalue weighted by Crippen LogP contribution is -2.42. The van der Waals surface area contributed by atoms with Gasteiger partial charge in [0, 0.05) is 32.3 Å². The highest BCUT2D eigenvalue weighted by molar-refractivity contribution is 8.00. The first-order valence-electron chi connectivity index (χ1n) is 15.2. The molecule has 14 heteroatoms. The van der Waals surface area contributed by atoms with Crippen LogP contribution in [0.2, 0.25) is 5.02 Å². The molecule has 0 radical (unpaired) electrons. The molecule has 2 aliphatic carbocycles. The second-order valence-corrected chi connectivity index (χ2v) is 15.0. The summed E-state index contributed by atoms with van der Waals surface area (Å²) in [6.45, 7) is -0.291. The minimum atomic E-state index is -4.63. The highest BCUT2D eigenvalue weighted by atomic mass is 35.5. The van der Waals surface area contributed by atoms with Crippen LogP contribution in [0.3, 0.4) is 0 Å². The Labute approximate surface area is 284 Å². The standard InChI is InChI=1S/C34H25ClF3N3O5S2/c35-16-8-10-17(11-9-16)39-23(42)14-46-22-7-2-1-6-19(22)24-25-20-13-21(28(25)47-30-29(24)48-33(45)40-30)27-26(20)31(43)41(32(27)44)18-5-3-4-15(12-18)34(36,37)38/h1-12,20-21,24-28H,13-14H2,(H,39,42)(H,40,45)/t20?,21?,24-,25?,26?,27?,28?/m1/s1. The Morgan fingerprint density at radius 2 is 1.71 bits per heavy atom. The lowest BCUT2D eigenvalue weighted by Gasteiger charge is -2.43. The number of thiazole rings is 1. The number of nitrogens with one attached hydrogen (secondary N) is 2. The summed E-state index contributed by atoms with van der Waals surface area (Å²) in [6, 6.07) is 18.3. The van der Waals surface area contributed by atoms with Crippen molar-refractivity contribution in [1.82, 2.24) is 4.98 Å². The van der Waals surface area contributed by atoms with E-state index in [2.05, 4.69) is 10.3 Å². The highest BCUT2D eigenvalue weighted by Crippen LogP contribution is 2.69. The molecule has 2 N–H and O–H groups in total. The van der Waals surface area contributed by atoms with Crippen LogP contribution >= 0.6 is 34.7 Å². The molecule has 3 fully saturated rings. The zero-order chi connectivity index (χ0) is 33.5. The molecule has 1 aromatic heterocycles. The molecular weight excluding hydrogens is 687 g/mol. The van der Waals surface area contributed by atoms with Crippen molar-refractivity contribution < 1.29 is 32.3 Å². The number of rotatable bonds is 6. The maximum atomic E-state index is 14.0. The van der Waals surface area contributed by atoms with E-state index in [0.29, 0.717) is 27.9 Å². The van der Waals surface area contributed by atoms with E-state index in [1.165, 1.54) is 23.9 Å². The maximum Gasteiger partial charge on any atom is 0.416 e. The lowest BCUT2D eigenvalue weighted by atomic mass is 9.68. The van der Waals surface area contributed by atoms with Crippen molar-refractivity contribution in [3.05, 3.63) is 103 Å². The largest absolute Gasteiger partial charge is 0.483 e. The van der Waals surface area contributed by atoms with Crippen LogP contribution < -0.4 is 19.8 Å². The number of nitrogens with zero attached hydrogens (tertiary/aromatic N) is 1. The summed E-state index contributed by atoms with van der Waals surface area (Å²) in [5.74, 6) is -3.31. The van der Waals surface area contributed by atoms with Crippen LogP contribution in [0.25, 0.3) is 0 Å². The van der Waals surface area contributed by atoms with Gasteiger partial charge in [-0.3, -0.25) is 24.1 Å². The van der Waals surface area contributed by atoms with Crippen LogP contribution in [-0.4, -0.2) is 34.6 Å². The smallest absolute Gasteiger partial charge is 0.416 e. The van der Waals surface area contributed by atoms with Gasteiger partial charge in [-0.1, -0.05) is 47.2 Å². The SMILES string of the molecule is O=C(COc1ccccc1[C@H]1c2sc(=O)[nH]c2SC2C3CC(C4C(=O)N(c5cccc(C(F)(F)F)c5)C(=O)C34)C21)Nc1ccc(Cl)cc1. The van der Waals surface area contributed by atoms with E-state index < -0.39 is 35.4 Å². The number of carbonyl (C=O) groups excluding carboxylic acids is 3. The number of ether oxygens (including phenoxy) is 1. The predicted octanol–water partition coefficient (Wildman–Crippen LogP) is 6.80. The van der Waals surface area contributed by atoms with Gasteiger partial charge in [0.15, 0.2) is 6.61 Å². The maximum absolute atomic E-state index is 14.0. The van der Waals surface area contributed by atoms with Crippen molar-refractivity contribution in [2.75, 3.05) is 16.8 Å². The number of thioether (sulfide) groups is 1. The van der Waals surface area contributed by atoms with Gasteiger partial charge in [0.2, 0.25) is 11.8 Å². The van der Waals surface area contributed by atoms with Crippen LogP contribution in [0.15, 0.2) is 82.6 Å². The number of carbonyl (C=O) groups is 3. The normalized spacial score (nSPS) is 27.1. The average Bonchev–Trinajstić information content (AvgIpc) is 3.79. The number of amides is 3. The van der Waals surface area contributed by atoms with Crippen molar-refractivity contribution in [2.45, 2.75) is 28.8 Å². The molecular formula is C34H25ClF3N3O5S2. The van der Waals surface area contributed by atoms with Crippen molar-refractivity contribution >= 4 is 63.8 Å². The number of fused-ring (bicyclic) bond motifs is 9. The highest BCUT2D eigenvalue weighted by Gasteiger charge is 2.70. The van der Waals surface area contributed by atoms with E-state index in [1.54, 1.807) is 36.4 Å². The molecule has 4 aliphatic rings. The third-order valence-electron chi connectivity index (χ3n) is 9.90. The molecule has 48 heavy (non-hydrogen) atoms. The van der Waals surface area contributed by atoms with Crippen LogP contribution in [0.4, 0.5) is 24.5 Å². The fourth-order valence-electron chi connectivity index (χ4n) is 8.18. The van der Waals surface area contributed by atoms with Gasteiger partial charge < -0.3 is 15.0 Å². The Bertz CT molecular complexity index is 2030. The number of alkyl halides is 3. The summed E-state index contributed by atoms with van der Waals surface area (Å²) < 4.78 is 46.7. The summed E-state index contributed by atoms with van der Waals surface area (Å²) >= 11 is 8.53. The second-order valence-electron chi connectivity index (χ2n) is 12.4. The number of anilines is 2. The van der Waals surface area contributed by atoms with E-state index in [9.17, 15) is 32.3 Å². The zero-order valence-corrected chi connectivity index (χ0v) is 27.1. The number of imide groups is 1. The van der Waals surface area contributed by atoms with Crippen LogP contribution in [0.1, 0.15) is 28.3 Å². The molecule has 1 saturated heterocycles. The zero-order valence-electron chi connectivity index (χ0n) is 24.7. The predicted molar refractivity (Wildman–Crippen MR) is 174 cm³/mol. The number of halogens is 4. The van der Waals surface area contributed by atoms with Crippen molar-refractivity contribution in [2.24, 2.45) is 29.6 Å². The Morgan fingerprint density at radius 1 is 0.979 bits per heavy atom. The number of hydrogen-bond donors (Lipinski definition) is 2. The van der Waals surface area contributed by atoms with Crippen LogP contribution in [0, 0.1) is 29.6 Å². The van der Waals surface area contributed by atoms with E-state index in [-0.39, 0.29) is 52.0 Å². The summed E-state index contributed by atoms with van der Waals surface area (Å²) in [5, 5.41) is 3.86. The molecule has 7 atom stereocenters. The molecule has 3 amide bonds. The summed E-state index contributed by atoms with van der Waals surface area (Å²) in [7, 11) is 0. The third kappa shape index (κ3) is 5.05. The van der Waals surface area contributed by atoms with Gasteiger partial charge in [0.1, 0.15) is 5.75 Å². The monoisotopic (exact) mass is 711 g/mol. The van der Waals surface area contributed by atoms with E-state index in [4.69, 9.17) is 16.3 Å². The number of para-hydroxylation sites is 1. The molecule has 2 aliphatic heterocycles. The second kappa shape index (κ2) is 11.5. The van der Waals surface area contributed by atoms with Gasteiger partial charge in [-0.2, -0.15) is 13.2 Å². The van der Waals surface area contributed by atoms with Crippen molar-refractivity contribution in [3.8, 4) is 5.75 Å². The summed E-state index contributed by atoms with van der Waals surface area (Å²) in [5.41, 5.74) is 0.289. The molecule has 3 heterocycles. The molecule has 6 unspecified atom stereocenters. The van der Waals surface area contributed by atoms with Crippen LogP contribution in [-0.2, 0) is 20.6 Å². The van der Waals surface area contributed by atoms with Gasteiger partial charge in [-0.15, -0.1) is 11.8 Å². The van der Waals surface area contributed by atoms with Gasteiger partial charge >= 0.3 is 11.0 Å². The lowest BCUT2D eigenvalue weighted by molar-refractivity contribution is -0.137. The Balaban J connectivity index is 1.12. The van der Waals surface area contributed by atoms with Gasteiger partial charge in [0.25, 0.3) is 5.91 Å². The average molecular weight is 712 g/mol. The number of aromatic amines is 1. The number of benzene rings is 3. The quantitative estimate of drug-likeness (QED) is 0.213. The van der Waals surface area contributed by atoms with E-state index >= 15 is 0 Å². The first-order valence-corrected chi connectivity index (χ1v) is 17.3. The first kappa shape index (κ1) is 31.2. The Kier molecular flexibility index (Phi) is 7.49. The van der Waals surface area contributed by atoms with Gasteiger partial charge in [-0.05, 0) is 72.7 Å². The topological polar surface area (TPSA) is 109 Å². The molecule has 0 spiro atoms. The fourth-order valence-corrected chi connectivity index (χ4v) is 11.2. The Hall–Kier alpha value is -4.07. The van der Waals surface area contributed by atoms with Gasteiger partial charge in [-0.25, -0.2) is 0 Å². The first-order chi connectivity index (χ1) is 23.0. The fraction of sp³-hybridized carbons (Fsp3) is 0.294. The van der Waals surface area contributed by atoms with E-state index in [0.717, 1.165) is 38.8 Å². The van der Waals surface area contributed by atoms with Gasteiger partial charge in [0.05, 0.1) is 28.1 Å². The minimum Gasteiger partial charge on any atom is -0.483 e. The number of aromatic nitrogens is 1. The van der Waals surface area contributed by atoms with Crippen LogP contribution in [0.5, 0.6) is 5.75 Å². The number of hydrogen-bond acceptors (Lipinski definition) is 7. The third-order valence-corrected chi connectivity index (χ3v) is 12.7. The molecule has 246 valence electrons. The molecule has 3 aromatic carbocycles. The van der Waals surface area contributed by atoms with Crippen molar-refractivity contribution in [1.29, 1.82) is 0 Å². The number of H-pyrrole nitrogens is 1. The molecule has 2 saturated carbocycles. The molecule has 8 nitrogen and oxygen atoms in total. The molecule has 8 rings (SSSR count). The summed E-state index contributed by atoms with van der Waals surface area (Å²) in [6.07, 6.45) is -4.02. The minimum absolute atomic E-state index is 0.0835. The van der Waals surface area contributed by atoms with Crippen molar-refractivity contribution in [3.63, 3.8) is 0 Å². The molecule has 2 bridgehead atoms.